The molecule has 1 unspecified atom stereocenters. The first-order valence-electron chi connectivity index (χ1n) is 6.04. The predicted octanol–water partition coefficient (Wildman–Crippen LogP) is 1.99. The lowest BCUT2D eigenvalue weighted by atomic mass is 10.1. The number of unbranched alkanes of at least 4 members (excludes halogenated alkanes) is 1. The molecule has 0 saturated carbocycles. The van der Waals surface area contributed by atoms with Crippen LogP contribution < -0.4 is 10.7 Å². The van der Waals surface area contributed by atoms with Crippen molar-refractivity contribution in [3.8, 4) is 0 Å². The summed E-state index contributed by atoms with van der Waals surface area (Å²) in [6.07, 6.45) is 4.59. The maximum absolute atomic E-state index is 11.8. The minimum absolute atomic E-state index is 0.100. The first kappa shape index (κ1) is 13.5. The van der Waals surface area contributed by atoms with E-state index in [0.29, 0.717) is 0 Å². The molecule has 2 N–H and O–H groups in total. The number of carbonyl (C=O) groups is 1. The van der Waals surface area contributed by atoms with E-state index in [1.807, 2.05) is 6.92 Å². The number of nitrogens with one attached hydrogen (secondary N) is 2. The molecule has 17 heavy (non-hydrogen) atoms. The maximum Gasteiger partial charge on any atom is 0.256 e. The number of amides is 1. The Morgan fingerprint density at radius 2 is 2.24 bits per heavy atom. The van der Waals surface area contributed by atoms with Crippen molar-refractivity contribution in [2.24, 2.45) is 0 Å². The van der Waals surface area contributed by atoms with Crippen LogP contribution in [0.25, 0.3) is 0 Å². The average Bonchev–Trinajstić information content (AvgIpc) is 2.26. The molecule has 1 amide bonds. The van der Waals surface area contributed by atoms with Crippen molar-refractivity contribution in [2.45, 2.75) is 46.1 Å². The van der Waals surface area contributed by atoms with Gasteiger partial charge in [-0.25, -0.2) is 0 Å². The monoisotopic (exact) mass is 236 g/mol. The van der Waals surface area contributed by atoms with Crippen LogP contribution in [0.1, 0.15) is 49.2 Å². The number of pyridine rings is 1. The number of aromatic amines is 1. The molecule has 0 aromatic carbocycles. The second-order valence-electron chi connectivity index (χ2n) is 4.41. The minimum atomic E-state index is -0.296. The molecule has 0 aliphatic rings. The lowest BCUT2D eigenvalue weighted by molar-refractivity contribution is 0.0936. The summed E-state index contributed by atoms with van der Waals surface area (Å²) in [5.74, 6) is -0.296. The zero-order chi connectivity index (χ0) is 12.8. The molecule has 0 fully saturated rings. The first-order valence-corrected chi connectivity index (χ1v) is 6.04. The van der Waals surface area contributed by atoms with Gasteiger partial charge in [-0.3, -0.25) is 9.59 Å². The quantitative estimate of drug-likeness (QED) is 0.821. The van der Waals surface area contributed by atoms with Gasteiger partial charge in [-0.05, 0) is 20.3 Å². The Balaban J connectivity index is 2.67. The molecule has 94 valence electrons. The van der Waals surface area contributed by atoms with Gasteiger partial charge in [0.2, 0.25) is 0 Å². The molecular formula is C13H20N2O2. The third-order valence-electron chi connectivity index (χ3n) is 2.67. The molecule has 4 heteroatoms. The van der Waals surface area contributed by atoms with E-state index < -0.39 is 0 Å². The van der Waals surface area contributed by atoms with Gasteiger partial charge in [0.1, 0.15) is 5.56 Å². The second kappa shape index (κ2) is 6.23. The number of hydrogen-bond donors (Lipinski definition) is 2. The van der Waals surface area contributed by atoms with E-state index in [2.05, 4.69) is 17.2 Å². The van der Waals surface area contributed by atoms with Crippen molar-refractivity contribution in [3.63, 3.8) is 0 Å². The van der Waals surface area contributed by atoms with Crippen molar-refractivity contribution in [3.05, 3.63) is 33.7 Å². The van der Waals surface area contributed by atoms with Crippen LogP contribution in [0, 0.1) is 6.92 Å². The van der Waals surface area contributed by atoms with Gasteiger partial charge in [0, 0.05) is 24.0 Å². The van der Waals surface area contributed by atoms with E-state index >= 15 is 0 Å². The molecule has 4 nitrogen and oxygen atoms in total. The van der Waals surface area contributed by atoms with Gasteiger partial charge >= 0.3 is 0 Å². The number of aromatic nitrogens is 1. The van der Waals surface area contributed by atoms with Gasteiger partial charge in [0.05, 0.1) is 0 Å². The van der Waals surface area contributed by atoms with E-state index in [-0.39, 0.29) is 22.9 Å². The molecule has 1 heterocycles. The molecule has 1 rings (SSSR count). The zero-order valence-electron chi connectivity index (χ0n) is 10.7. The molecule has 1 aromatic heterocycles. The van der Waals surface area contributed by atoms with E-state index in [9.17, 15) is 9.59 Å². The minimum Gasteiger partial charge on any atom is -0.364 e. The Labute approximate surface area is 101 Å². The van der Waals surface area contributed by atoms with E-state index in [1.54, 1.807) is 6.92 Å². The molecule has 0 radical (unpaired) electrons. The molecule has 1 aromatic rings. The molecule has 0 aliphatic heterocycles. The first-order chi connectivity index (χ1) is 8.04. The Kier molecular flexibility index (Phi) is 4.94. The summed E-state index contributed by atoms with van der Waals surface area (Å²) in [6, 6.07) is 1.54. The fourth-order valence-corrected chi connectivity index (χ4v) is 1.63. The molecule has 0 aliphatic carbocycles. The number of rotatable bonds is 5. The summed E-state index contributed by atoms with van der Waals surface area (Å²) in [6.45, 7) is 5.85. The number of aryl methyl sites for hydroxylation is 1. The van der Waals surface area contributed by atoms with Crippen LogP contribution in [-0.2, 0) is 0 Å². The summed E-state index contributed by atoms with van der Waals surface area (Å²) in [5, 5.41) is 2.83. The lowest BCUT2D eigenvalue weighted by Gasteiger charge is -2.12. The van der Waals surface area contributed by atoms with Crippen molar-refractivity contribution >= 4 is 5.91 Å². The number of hydrogen-bond acceptors (Lipinski definition) is 2. The van der Waals surface area contributed by atoms with Crippen molar-refractivity contribution in [1.82, 2.24) is 10.3 Å². The van der Waals surface area contributed by atoms with Gasteiger partial charge < -0.3 is 10.3 Å². The van der Waals surface area contributed by atoms with Crippen LogP contribution in [-0.4, -0.2) is 16.9 Å². The average molecular weight is 236 g/mol. The highest BCUT2D eigenvalue weighted by Crippen LogP contribution is 2.01. The van der Waals surface area contributed by atoms with Gasteiger partial charge in [0.15, 0.2) is 5.43 Å². The third-order valence-corrected chi connectivity index (χ3v) is 2.67. The van der Waals surface area contributed by atoms with Crippen molar-refractivity contribution in [1.29, 1.82) is 0 Å². The largest absolute Gasteiger partial charge is 0.364 e. The smallest absolute Gasteiger partial charge is 0.256 e. The third kappa shape index (κ3) is 4.06. The lowest BCUT2D eigenvalue weighted by Crippen LogP contribution is -2.35. The zero-order valence-corrected chi connectivity index (χ0v) is 10.7. The van der Waals surface area contributed by atoms with Crippen LogP contribution in [0.3, 0.4) is 0 Å². The summed E-state index contributed by atoms with van der Waals surface area (Å²) < 4.78 is 0. The fourth-order valence-electron chi connectivity index (χ4n) is 1.63. The van der Waals surface area contributed by atoms with Crippen LogP contribution >= 0.6 is 0 Å². The Hall–Kier alpha value is -1.58. The standard InChI is InChI=1S/C13H20N2O2/c1-4-5-6-9(2)15-13(17)11-8-14-10(3)7-12(11)16/h7-9H,4-6H2,1-3H3,(H,14,16)(H,15,17). The van der Waals surface area contributed by atoms with Crippen molar-refractivity contribution < 1.29 is 4.79 Å². The van der Waals surface area contributed by atoms with Crippen LogP contribution in [0.5, 0.6) is 0 Å². The second-order valence-corrected chi connectivity index (χ2v) is 4.41. The topological polar surface area (TPSA) is 62.0 Å². The molecule has 0 saturated heterocycles. The summed E-state index contributed by atoms with van der Waals surface area (Å²) in [4.78, 5) is 26.3. The Morgan fingerprint density at radius 3 is 2.82 bits per heavy atom. The highest BCUT2D eigenvalue weighted by Gasteiger charge is 2.12. The summed E-state index contributed by atoms with van der Waals surface area (Å²) in [7, 11) is 0. The molecule has 0 spiro atoms. The normalized spacial score (nSPS) is 12.2. The molecular weight excluding hydrogens is 216 g/mol. The van der Waals surface area contributed by atoms with Gasteiger partial charge in [-0.15, -0.1) is 0 Å². The van der Waals surface area contributed by atoms with E-state index in [1.165, 1.54) is 12.3 Å². The van der Waals surface area contributed by atoms with Crippen LogP contribution in [0.2, 0.25) is 0 Å². The number of carbonyl (C=O) groups excluding carboxylic acids is 1. The Bertz CT molecular complexity index is 437. The summed E-state index contributed by atoms with van der Waals surface area (Å²) in [5.41, 5.74) is 0.700. The van der Waals surface area contributed by atoms with E-state index in [0.717, 1.165) is 25.0 Å². The van der Waals surface area contributed by atoms with Crippen LogP contribution in [0.4, 0.5) is 0 Å². The highest BCUT2D eigenvalue weighted by atomic mass is 16.2. The fraction of sp³-hybridized carbons (Fsp3) is 0.538. The van der Waals surface area contributed by atoms with E-state index in [4.69, 9.17) is 0 Å². The Morgan fingerprint density at radius 1 is 1.53 bits per heavy atom. The highest BCUT2D eigenvalue weighted by molar-refractivity contribution is 5.93. The molecule has 0 bridgehead atoms. The van der Waals surface area contributed by atoms with Gasteiger partial charge in [0.25, 0.3) is 5.91 Å². The van der Waals surface area contributed by atoms with Crippen molar-refractivity contribution in [2.75, 3.05) is 0 Å². The maximum atomic E-state index is 11.8. The number of H-pyrrole nitrogens is 1. The molecule has 1 atom stereocenters. The van der Waals surface area contributed by atoms with Gasteiger partial charge in [-0.2, -0.15) is 0 Å². The van der Waals surface area contributed by atoms with Gasteiger partial charge in [-0.1, -0.05) is 19.8 Å². The summed E-state index contributed by atoms with van der Waals surface area (Å²) >= 11 is 0. The predicted molar refractivity (Wildman–Crippen MR) is 68.3 cm³/mol. The van der Waals surface area contributed by atoms with Crippen LogP contribution in [0.15, 0.2) is 17.1 Å². The SMILES string of the molecule is CCCCC(C)NC(=O)c1c[nH]c(C)cc1=O.